The summed E-state index contributed by atoms with van der Waals surface area (Å²) in [5.74, 6) is 0.653. The minimum Gasteiger partial charge on any atom is -0.370 e. The van der Waals surface area contributed by atoms with Gasteiger partial charge in [0.15, 0.2) is 5.96 Å². The highest BCUT2D eigenvalue weighted by atomic mass is 32.1. The van der Waals surface area contributed by atoms with Crippen molar-refractivity contribution in [1.29, 1.82) is 0 Å². The summed E-state index contributed by atoms with van der Waals surface area (Å²) in [5.41, 5.74) is 7.76. The van der Waals surface area contributed by atoms with Crippen LogP contribution in [0.1, 0.15) is 10.9 Å². The van der Waals surface area contributed by atoms with Gasteiger partial charge in [0.25, 0.3) is 0 Å². The molecule has 1 atom stereocenters. The van der Waals surface area contributed by atoms with E-state index in [-0.39, 0.29) is 6.04 Å². The molecule has 2 rings (SSSR count). The molecule has 2 N–H and O–H groups in total. The second kappa shape index (κ2) is 4.80. The molecule has 0 saturated carbocycles. The average molecular weight is 239 g/mol. The summed E-state index contributed by atoms with van der Waals surface area (Å²) in [5, 5.41) is 0. The van der Waals surface area contributed by atoms with Gasteiger partial charge in [-0.05, 0) is 14.1 Å². The summed E-state index contributed by atoms with van der Waals surface area (Å²) in [6.45, 7) is 2.64. The van der Waals surface area contributed by atoms with Crippen LogP contribution in [0.4, 0.5) is 0 Å². The van der Waals surface area contributed by atoms with Gasteiger partial charge in [-0.1, -0.05) is 0 Å². The molecule has 0 spiro atoms. The fraction of sp³-hybridized carbons (Fsp3) is 0.600. The van der Waals surface area contributed by atoms with Crippen LogP contribution in [0.2, 0.25) is 0 Å². The SMILES string of the molecule is CN(C)CCN1C(N)=NCC1c1cncs1. The highest BCUT2D eigenvalue weighted by Gasteiger charge is 2.28. The Labute approximate surface area is 99.6 Å². The summed E-state index contributed by atoms with van der Waals surface area (Å²) >= 11 is 1.66. The molecule has 6 heteroatoms. The summed E-state index contributed by atoms with van der Waals surface area (Å²) < 4.78 is 0. The lowest BCUT2D eigenvalue weighted by molar-refractivity contribution is 0.295. The molecule has 88 valence electrons. The van der Waals surface area contributed by atoms with Gasteiger partial charge in [0.1, 0.15) is 0 Å². The van der Waals surface area contributed by atoms with E-state index >= 15 is 0 Å². The maximum Gasteiger partial charge on any atom is 0.191 e. The number of rotatable bonds is 4. The van der Waals surface area contributed by atoms with Crippen LogP contribution in [-0.2, 0) is 0 Å². The first-order chi connectivity index (χ1) is 7.68. The first-order valence-electron chi connectivity index (χ1n) is 5.28. The van der Waals surface area contributed by atoms with Crippen LogP contribution in [-0.4, -0.2) is 54.5 Å². The van der Waals surface area contributed by atoms with Crippen molar-refractivity contribution >= 4 is 17.3 Å². The molecule has 0 saturated heterocycles. The van der Waals surface area contributed by atoms with E-state index in [1.807, 2.05) is 11.7 Å². The molecule has 1 unspecified atom stereocenters. The maximum absolute atomic E-state index is 5.90. The number of nitrogens with two attached hydrogens (primary N) is 1. The molecule has 0 aromatic carbocycles. The molecule has 0 amide bonds. The smallest absolute Gasteiger partial charge is 0.191 e. The van der Waals surface area contributed by atoms with Gasteiger partial charge in [-0.15, -0.1) is 11.3 Å². The Balaban J connectivity index is 2.04. The monoisotopic (exact) mass is 239 g/mol. The number of hydrogen-bond donors (Lipinski definition) is 1. The Morgan fingerprint density at radius 1 is 1.62 bits per heavy atom. The molecule has 0 bridgehead atoms. The normalized spacial score (nSPS) is 20.6. The van der Waals surface area contributed by atoms with Crippen LogP contribution in [0.25, 0.3) is 0 Å². The number of thiazole rings is 1. The lowest BCUT2D eigenvalue weighted by Gasteiger charge is -2.26. The van der Waals surface area contributed by atoms with Gasteiger partial charge < -0.3 is 15.5 Å². The van der Waals surface area contributed by atoms with Crippen molar-refractivity contribution in [1.82, 2.24) is 14.8 Å². The molecule has 1 aliphatic heterocycles. The molecular weight excluding hydrogens is 222 g/mol. The third kappa shape index (κ3) is 2.33. The van der Waals surface area contributed by atoms with Crippen LogP contribution in [0.3, 0.4) is 0 Å². The fourth-order valence-corrected chi connectivity index (χ4v) is 2.46. The molecule has 0 fully saturated rings. The third-order valence-electron chi connectivity index (χ3n) is 2.66. The number of guanidine groups is 1. The van der Waals surface area contributed by atoms with Crippen molar-refractivity contribution in [2.24, 2.45) is 10.7 Å². The van der Waals surface area contributed by atoms with Gasteiger partial charge in [0.2, 0.25) is 0 Å². The molecule has 1 aromatic rings. The van der Waals surface area contributed by atoms with E-state index in [1.54, 1.807) is 11.3 Å². The lowest BCUT2D eigenvalue weighted by Crippen LogP contribution is -2.40. The largest absolute Gasteiger partial charge is 0.370 e. The minimum atomic E-state index is 0.285. The van der Waals surface area contributed by atoms with E-state index in [0.717, 1.165) is 19.6 Å². The molecule has 2 heterocycles. The number of aliphatic imine (C=N–C) groups is 1. The van der Waals surface area contributed by atoms with Crippen molar-refractivity contribution in [3.63, 3.8) is 0 Å². The predicted molar refractivity (Wildman–Crippen MR) is 66.6 cm³/mol. The van der Waals surface area contributed by atoms with Crippen molar-refractivity contribution in [2.45, 2.75) is 6.04 Å². The molecule has 1 aromatic heterocycles. The van der Waals surface area contributed by atoms with Crippen LogP contribution in [0, 0.1) is 0 Å². The van der Waals surface area contributed by atoms with Gasteiger partial charge in [0, 0.05) is 24.2 Å². The first kappa shape index (κ1) is 11.3. The lowest BCUT2D eigenvalue weighted by atomic mass is 10.2. The minimum absolute atomic E-state index is 0.285. The van der Waals surface area contributed by atoms with Gasteiger partial charge in [-0.25, -0.2) is 0 Å². The quantitative estimate of drug-likeness (QED) is 0.825. The number of nitrogens with zero attached hydrogens (tertiary/aromatic N) is 4. The highest BCUT2D eigenvalue weighted by Crippen LogP contribution is 2.27. The van der Waals surface area contributed by atoms with Crippen LogP contribution < -0.4 is 5.73 Å². The number of hydrogen-bond acceptors (Lipinski definition) is 6. The number of likely N-dealkylation sites (N-methyl/N-ethyl adjacent to an activating group) is 1. The first-order valence-corrected chi connectivity index (χ1v) is 6.16. The fourth-order valence-electron chi connectivity index (χ4n) is 1.74. The van der Waals surface area contributed by atoms with Crippen LogP contribution >= 0.6 is 11.3 Å². The van der Waals surface area contributed by atoms with E-state index in [4.69, 9.17) is 5.73 Å². The van der Waals surface area contributed by atoms with Crippen molar-refractivity contribution in [3.05, 3.63) is 16.6 Å². The zero-order chi connectivity index (χ0) is 11.5. The highest BCUT2D eigenvalue weighted by molar-refractivity contribution is 7.09. The van der Waals surface area contributed by atoms with Gasteiger partial charge in [-0.2, -0.15) is 0 Å². The Hall–Kier alpha value is -1.14. The Bertz CT molecular complexity index is 359. The van der Waals surface area contributed by atoms with Crippen LogP contribution in [0.5, 0.6) is 0 Å². The second-order valence-corrected chi connectivity index (χ2v) is 5.03. The summed E-state index contributed by atoms with van der Waals surface area (Å²) in [6.07, 6.45) is 1.91. The van der Waals surface area contributed by atoms with Crippen LogP contribution in [0.15, 0.2) is 16.7 Å². The summed E-state index contributed by atoms with van der Waals surface area (Å²) in [6, 6.07) is 0.285. The Morgan fingerprint density at radius 3 is 3.06 bits per heavy atom. The van der Waals surface area contributed by atoms with Crippen molar-refractivity contribution in [2.75, 3.05) is 33.7 Å². The molecule has 1 aliphatic rings. The zero-order valence-corrected chi connectivity index (χ0v) is 10.4. The summed E-state index contributed by atoms with van der Waals surface area (Å²) in [7, 11) is 4.12. The standard InChI is InChI=1S/C10H17N5S/c1-14(2)3-4-15-8(5-13-10(15)11)9-6-12-7-16-9/h6-8H,3-5H2,1-2H3,(H2,11,13). The molecule has 5 nitrogen and oxygen atoms in total. The van der Waals surface area contributed by atoms with Gasteiger partial charge >= 0.3 is 0 Å². The predicted octanol–water partition coefficient (Wildman–Crippen LogP) is 0.376. The summed E-state index contributed by atoms with van der Waals surface area (Å²) in [4.78, 5) is 14.0. The van der Waals surface area contributed by atoms with E-state index in [0.29, 0.717) is 5.96 Å². The molecular formula is C10H17N5S. The second-order valence-electron chi connectivity index (χ2n) is 4.12. The van der Waals surface area contributed by atoms with Crippen molar-refractivity contribution in [3.8, 4) is 0 Å². The third-order valence-corrected chi connectivity index (χ3v) is 3.54. The van der Waals surface area contributed by atoms with E-state index in [9.17, 15) is 0 Å². The number of aromatic nitrogens is 1. The van der Waals surface area contributed by atoms with Crippen molar-refractivity contribution < 1.29 is 0 Å². The molecule has 0 radical (unpaired) electrons. The van der Waals surface area contributed by atoms with E-state index in [2.05, 4.69) is 33.9 Å². The molecule has 0 aliphatic carbocycles. The topological polar surface area (TPSA) is 57.8 Å². The van der Waals surface area contributed by atoms with Gasteiger partial charge in [0.05, 0.1) is 18.1 Å². The van der Waals surface area contributed by atoms with E-state index in [1.165, 1.54) is 4.88 Å². The van der Waals surface area contributed by atoms with Gasteiger partial charge in [-0.3, -0.25) is 9.98 Å². The Kier molecular flexibility index (Phi) is 3.40. The molecule has 16 heavy (non-hydrogen) atoms. The zero-order valence-electron chi connectivity index (χ0n) is 9.63. The average Bonchev–Trinajstić information content (AvgIpc) is 2.83. The maximum atomic E-state index is 5.90. The Morgan fingerprint density at radius 2 is 2.44 bits per heavy atom. The van der Waals surface area contributed by atoms with E-state index < -0.39 is 0 Å².